The molecule has 45 heavy (non-hydrogen) atoms. The lowest BCUT2D eigenvalue weighted by Crippen LogP contribution is -2.60. The predicted molar refractivity (Wildman–Crippen MR) is 166 cm³/mol. The lowest BCUT2D eigenvalue weighted by Gasteiger charge is -2.61. The summed E-state index contributed by atoms with van der Waals surface area (Å²) in [4.78, 5) is 47.5. The van der Waals surface area contributed by atoms with Crippen molar-refractivity contribution >= 4 is 18.1 Å². The molecule has 0 amide bonds. The number of fused-ring (bicyclic) bond motifs is 5. The highest BCUT2D eigenvalue weighted by atomic mass is 16.7. The van der Waals surface area contributed by atoms with Gasteiger partial charge in [0.05, 0.1) is 18.5 Å². The van der Waals surface area contributed by atoms with Gasteiger partial charge in [0.15, 0.2) is 0 Å². The molecule has 3 fully saturated rings. The summed E-state index contributed by atoms with van der Waals surface area (Å²) in [6.45, 7) is 8.59. The van der Waals surface area contributed by atoms with Gasteiger partial charge in [-0.1, -0.05) is 39.7 Å². The van der Waals surface area contributed by atoms with Gasteiger partial charge in [-0.25, -0.2) is 9.59 Å². The molecule has 0 spiro atoms. The fraction of sp³-hybridized carbons (Fsp3) is 0.722. The molecular formula is C36H50O9. The number of hydrogen-bond donors (Lipinski definition) is 1. The highest BCUT2D eigenvalue weighted by molar-refractivity contribution is 5.81. The molecule has 0 aromatic carbocycles. The van der Waals surface area contributed by atoms with Crippen molar-refractivity contribution in [3.63, 3.8) is 0 Å². The summed E-state index contributed by atoms with van der Waals surface area (Å²) in [5.74, 6) is 0.0654. The summed E-state index contributed by atoms with van der Waals surface area (Å²) in [7, 11) is 0. The fourth-order valence-electron chi connectivity index (χ4n) is 9.21. The van der Waals surface area contributed by atoms with E-state index in [9.17, 15) is 24.3 Å². The van der Waals surface area contributed by atoms with Gasteiger partial charge in [-0.2, -0.15) is 0 Å². The first kappa shape index (κ1) is 33.4. The Labute approximate surface area is 266 Å². The molecule has 0 radical (unpaired) electrons. The third-order valence-corrected chi connectivity index (χ3v) is 11.7. The van der Waals surface area contributed by atoms with Crippen molar-refractivity contribution in [1.29, 1.82) is 0 Å². The van der Waals surface area contributed by atoms with Crippen LogP contribution in [0.1, 0.15) is 123 Å². The van der Waals surface area contributed by atoms with E-state index < -0.39 is 17.7 Å². The molecule has 4 aliphatic carbocycles. The van der Waals surface area contributed by atoms with Gasteiger partial charge in [-0.3, -0.25) is 9.59 Å². The van der Waals surface area contributed by atoms with Crippen LogP contribution in [0.4, 0.5) is 4.79 Å². The number of rotatable bonds is 10. The second-order valence-corrected chi connectivity index (χ2v) is 14.8. The Balaban J connectivity index is 1.10. The SMILES string of the molecule is CC(C)COC(=O)OC(=O)CCCCCC(=O)O[C@@H]1C=C2CC[C@@H]3[C@H](CC[C@]4(C)[C@@H](c5ccc(=O)oc5)CC[C@]34O)[C@@]2(C)CC1. The van der Waals surface area contributed by atoms with Gasteiger partial charge < -0.3 is 23.7 Å². The van der Waals surface area contributed by atoms with Gasteiger partial charge in [0.25, 0.3) is 0 Å². The maximum atomic E-state index is 12.7. The average molecular weight is 627 g/mol. The molecule has 1 heterocycles. The largest absolute Gasteiger partial charge is 0.516 e. The molecule has 7 atom stereocenters. The van der Waals surface area contributed by atoms with Crippen LogP contribution in [0.5, 0.6) is 0 Å². The highest BCUT2D eigenvalue weighted by Gasteiger charge is 2.66. The van der Waals surface area contributed by atoms with Crippen molar-refractivity contribution in [2.45, 2.75) is 129 Å². The molecule has 1 aromatic heterocycles. The number of esters is 2. The van der Waals surface area contributed by atoms with E-state index in [4.69, 9.17) is 13.9 Å². The standard InChI is InChI=1S/C36H50O9/c1-23(2)21-43-33(40)45-32(39)9-7-5-6-8-31(38)44-26-14-17-34(3)25(20-26)11-12-29-28(34)15-18-35(4)27(16-19-36(29,35)41)24-10-13-30(37)42-22-24/h10,13,20,22-23,26-29,41H,5-9,11-12,14-19,21H2,1-4H3/t26-,27+,28-,29+,34-,35+,36-/m0/s1. The van der Waals surface area contributed by atoms with E-state index in [2.05, 4.69) is 24.7 Å². The molecule has 3 saturated carbocycles. The molecule has 248 valence electrons. The van der Waals surface area contributed by atoms with Gasteiger partial charge in [0, 0.05) is 24.3 Å². The predicted octanol–water partition coefficient (Wildman–Crippen LogP) is 7.00. The van der Waals surface area contributed by atoms with E-state index in [1.54, 1.807) is 6.26 Å². The zero-order valence-corrected chi connectivity index (χ0v) is 27.3. The molecular weight excluding hydrogens is 576 g/mol. The van der Waals surface area contributed by atoms with Crippen molar-refractivity contribution in [2.24, 2.45) is 28.6 Å². The van der Waals surface area contributed by atoms with Gasteiger partial charge in [-0.05, 0) is 111 Å². The minimum atomic E-state index is -0.964. The van der Waals surface area contributed by atoms with Crippen LogP contribution < -0.4 is 5.63 Å². The van der Waals surface area contributed by atoms with Gasteiger partial charge in [0.2, 0.25) is 0 Å². The Kier molecular flexibility index (Phi) is 9.97. The monoisotopic (exact) mass is 626 g/mol. The smallest absolute Gasteiger partial charge is 0.458 e. The number of aliphatic hydroxyl groups is 1. The van der Waals surface area contributed by atoms with Crippen LogP contribution in [-0.4, -0.2) is 41.5 Å². The van der Waals surface area contributed by atoms with Gasteiger partial charge in [-0.15, -0.1) is 0 Å². The van der Waals surface area contributed by atoms with Crippen LogP contribution in [0, 0.1) is 28.6 Å². The maximum Gasteiger partial charge on any atom is 0.516 e. The van der Waals surface area contributed by atoms with Crippen LogP contribution in [0.3, 0.4) is 0 Å². The Morgan fingerprint density at radius 3 is 2.42 bits per heavy atom. The minimum Gasteiger partial charge on any atom is -0.458 e. The quantitative estimate of drug-likeness (QED) is 0.126. The molecule has 1 aromatic rings. The number of ether oxygens (including phenoxy) is 3. The first-order valence-electron chi connectivity index (χ1n) is 16.9. The van der Waals surface area contributed by atoms with Crippen LogP contribution >= 0.6 is 0 Å². The third-order valence-electron chi connectivity index (χ3n) is 11.7. The Bertz CT molecular complexity index is 1330. The molecule has 0 unspecified atom stereocenters. The molecule has 9 nitrogen and oxygen atoms in total. The number of allylic oxidation sites excluding steroid dienone is 1. The number of carbonyl (C=O) groups is 3. The summed E-state index contributed by atoms with van der Waals surface area (Å²) in [6, 6.07) is 3.36. The number of hydrogen-bond acceptors (Lipinski definition) is 9. The zero-order valence-electron chi connectivity index (χ0n) is 27.3. The Hall–Kier alpha value is -2.94. The highest BCUT2D eigenvalue weighted by Crippen LogP contribution is 2.70. The summed E-state index contributed by atoms with van der Waals surface area (Å²) in [6.07, 6.45) is 11.9. The second-order valence-electron chi connectivity index (χ2n) is 14.8. The van der Waals surface area contributed by atoms with Crippen LogP contribution in [0.25, 0.3) is 0 Å². The molecule has 4 aliphatic rings. The summed E-state index contributed by atoms with van der Waals surface area (Å²) >= 11 is 0. The van der Waals surface area contributed by atoms with Crippen LogP contribution in [0.15, 0.2) is 39.3 Å². The van der Waals surface area contributed by atoms with E-state index in [1.165, 1.54) is 11.6 Å². The summed E-state index contributed by atoms with van der Waals surface area (Å²) in [5, 5.41) is 12.4. The van der Waals surface area contributed by atoms with Gasteiger partial charge >= 0.3 is 23.7 Å². The van der Waals surface area contributed by atoms with Crippen molar-refractivity contribution in [3.8, 4) is 0 Å². The maximum absolute atomic E-state index is 12.7. The molecule has 9 heteroatoms. The second kappa shape index (κ2) is 13.4. The molecule has 1 N–H and O–H groups in total. The van der Waals surface area contributed by atoms with Crippen LogP contribution in [0.2, 0.25) is 0 Å². The Morgan fingerprint density at radius 2 is 1.71 bits per heavy atom. The van der Waals surface area contributed by atoms with Crippen LogP contribution in [-0.2, 0) is 23.8 Å². The van der Waals surface area contributed by atoms with Crippen molar-refractivity contribution in [1.82, 2.24) is 0 Å². The van der Waals surface area contributed by atoms with E-state index >= 15 is 0 Å². The van der Waals surface area contributed by atoms with E-state index in [0.29, 0.717) is 25.2 Å². The molecule has 0 saturated heterocycles. The fourth-order valence-corrected chi connectivity index (χ4v) is 9.21. The zero-order chi connectivity index (χ0) is 32.4. The first-order chi connectivity index (χ1) is 21.4. The normalized spacial score (nSPS) is 33.8. The third kappa shape index (κ3) is 6.79. The number of unbranched alkanes of at least 4 members (excludes halogenated alkanes) is 2. The molecule has 0 bridgehead atoms. The summed E-state index contributed by atoms with van der Waals surface area (Å²) < 4.78 is 20.6. The molecule has 5 rings (SSSR count). The van der Waals surface area contributed by atoms with Crippen molar-refractivity contribution in [3.05, 3.63) is 46.0 Å². The number of carbonyl (C=O) groups excluding carboxylic acids is 3. The van der Waals surface area contributed by atoms with Gasteiger partial charge in [0.1, 0.15) is 6.10 Å². The van der Waals surface area contributed by atoms with E-state index in [0.717, 1.165) is 56.9 Å². The summed E-state index contributed by atoms with van der Waals surface area (Å²) in [5.41, 5.74) is 0.985. The Morgan fingerprint density at radius 1 is 0.956 bits per heavy atom. The minimum absolute atomic E-state index is 0.0175. The lowest BCUT2D eigenvalue weighted by molar-refractivity contribution is -0.178. The first-order valence-corrected chi connectivity index (χ1v) is 16.9. The lowest BCUT2D eigenvalue weighted by atomic mass is 9.45. The van der Waals surface area contributed by atoms with E-state index in [-0.39, 0.29) is 65.7 Å². The topological polar surface area (TPSA) is 129 Å². The average Bonchev–Trinajstić information content (AvgIpc) is 3.27. The van der Waals surface area contributed by atoms with E-state index in [1.807, 2.05) is 19.9 Å². The van der Waals surface area contributed by atoms with Crippen molar-refractivity contribution < 1.29 is 38.1 Å². The van der Waals surface area contributed by atoms with Crippen molar-refractivity contribution in [2.75, 3.05) is 6.61 Å². The molecule has 0 aliphatic heterocycles.